The lowest BCUT2D eigenvalue weighted by atomic mass is 9.76. The Morgan fingerprint density at radius 2 is 1.53 bits per heavy atom. The number of benzene rings is 3. The van der Waals surface area contributed by atoms with Crippen LogP contribution in [0.15, 0.2) is 72.8 Å². The third-order valence-corrected chi connectivity index (χ3v) is 7.24. The zero-order chi connectivity index (χ0) is 20.1. The number of morpholine rings is 1. The Morgan fingerprint density at radius 3 is 2.33 bits per heavy atom. The van der Waals surface area contributed by atoms with Crippen LogP contribution in [0.25, 0.3) is 11.1 Å². The molecule has 1 N–H and O–H groups in total. The summed E-state index contributed by atoms with van der Waals surface area (Å²) in [6.45, 7) is 2.32. The van der Waals surface area contributed by atoms with Gasteiger partial charge in [0.25, 0.3) is 0 Å². The van der Waals surface area contributed by atoms with Gasteiger partial charge in [-0.1, -0.05) is 72.8 Å². The quantitative estimate of drug-likeness (QED) is 0.552. The molecule has 0 amide bonds. The lowest BCUT2D eigenvalue weighted by Gasteiger charge is -2.52. The van der Waals surface area contributed by atoms with Gasteiger partial charge in [0.15, 0.2) is 0 Å². The molecule has 152 valence electrons. The highest BCUT2D eigenvalue weighted by atomic mass is 16.5. The van der Waals surface area contributed by atoms with Crippen LogP contribution >= 0.6 is 0 Å². The molecule has 0 radical (unpaired) electrons. The van der Waals surface area contributed by atoms with E-state index in [1.165, 1.54) is 27.8 Å². The number of piperidine rings is 1. The minimum Gasteiger partial charge on any atom is -0.385 e. The summed E-state index contributed by atoms with van der Waals surface area (Å²) < 4.78 is 5.90. The van der Waals surface area contributed by atoms with Gasteiger partial charge in [0, 0.05) is 18.6 Å². The molecule has 0 spiro atoms. The van der Waals surface area contributed by atoms with E-state index in [9.17, 15) is 5.11 Å². The lowest BCUT2D eigenvalue weighted by Crippen LogP contribution is -2.60. The molecule has 2 bridgehead atoms. The molecule has 2 atom stereocenters. The van der Waals surface area contributed by atoms with Crippen molar-refractivity contribution in [3.8, 4) is 11.1 Å². The van der Waals surface area contributed by atoms with Gasteiger partial charge in [-0.3, -0.25) is 4.90 Å². The molecule has 1 aliphatic carbocycles. The zero-order valence-electron chi connectivity index (χ0n) is 17.1. The summed E-state index contributed by atoms with van der Waals surface area (Å²) in [7, 11) is 0. The second kappa shape index (κ2) is 7.05. The van der Waals surface area contributed by atoms with Crippen LogP contribution in [0.2, 0.25) is 0 Å². The van der Waals surface area contributed by atoms with Gasteiger partial charge < -0.3 is 9.84 Å². The summed E-state index contributed by atoms with van der Waals surface area (Å²) in [6, 6.07) is 26.4. The summed E-state index contributed by atoms with van der Waals surface area (Å²) in [5, 5.41) is 11.8. The number of rotatable bonds is 3. The number of fused-ring (bicyclic) bond motifs is 5. The maximum atomic E-state index is 11.8. The highest BCUT2D eigenvalue weighted by molar-refractivity contribution is 5.77. The van der Waals surface area contributed by atoms with Crippen LogP contribution in [0.5, 0.6) is 0 Å². The Kier molecular flexibility index (Phi) is 4.31. The van der Waals surface area contributed by atoms with Crippen molar-refractivity contribution in [1.82, 2.24) is 4.90 Å². The van der Waals surface area contributed by atoms with Crippen molar-refractivity contribution in [1.29, 1.82) is 0 Å². The Labute approximate surface area is 177 Å². The molecule has 3 aromatic rings. The van der Waals surface area contributed by atoms with E-state index in [-0.39, 0.29) is 12.1 Å². The molecular formula is C27H27NO2. The summed E-state index contributed by atoms with van der Waals surface area (Å²) in [5.74, 6) is 0. The van der Waals surface area contributed by atoms with Crippen LogP contribution < -0.4 is 0 Å². The molecule has 3 aromatic carbocycles. The van der Waals surface area contributed by atoms with Crippen LogP contribution in [-0.2, 0) is 23.3 Å². The average molecular weight is 398 g/mol. The van der Waals surface area contributed by atoms with Crippen LogP contribution in [0.4, 0.5) is 0 Å². The maximum Gasteiger partial charge on any atom is 0.0928 e. The minimum atomic E-state index is -0.782. The van der Waals surface area contributed by atoms with Crippen molar-refractivity contribution in [2.24, 2.45) is 0 Å². The first kappa shape index (κ1) is 18.3. The molecule has 3 aliphatic rings. The van der Waals surface area contributed by atoms with E-state index in [1.54, 1.807) is 0 Å². The molecule has 2 heterocycles. The third kappa shape index (κ3) is 3.01. The van der Waals surface area contributed by atoms with E-state index in [0.29, 0.717) is 13.2 Å². The molecule has 0 aromatic heterocycles. The number of hydrogen-bond donors (Lipinski definition) is 1. The summed E-state index contributed by atoms with van der Waals surface area (Å²) >= 11 is 0. The Hall–Kier alpha value is -2.46. The van der Waals surface area contributed by atoms with Crippen molar-refractivity contribution in [2.45, 2.75) is 43.5 Å². The van der Waals surface area contributed by atoms with Crippen molar-refractivity contribution in [3.63, 3.8) is 0 Å². The summed E-state index contributed by atoms with van der Waals surface area (Å²) in [5.41, 5.74) is 7.02. The monoisotopic (exact) mass is 397 g/mol. The van der Waals surface area contributed by atoms with Crippen LogP contribution in [0.1, 0.15) is 35.1 Å². The Balaban J connectivity index is 1.28. The average Bonchev–Trinajstić information content (AvgIpc) is 3.13. The second-order valence-electron chi connectivity index (χ2n) is 9.15. The van der Waals surface area contributed by atoms with Gasteiger partial charge in [-0.05, 0) is 52.6 Å². The van der Waals surface area contributed by atoms with Gasteiger partial charge in [-0.25, -0.2) is 0 Å². The largest absolute Gasteiger partial charge is 0.385 e. The molecule has 2 fully saturated rings. The Morgan fingerprint density at radius 1 is 0.833 bits per heavy atom. The number of hydrogen-bond acceptors (Lipinski definition) is 3. The summed E-state index contributed by atoms with van der Waals surface area (Å²) in [4.78, 5) is 2.55. The molecular weight excluding hydrogens is 370 g/mol. The first-order chi connectivity index (χ1) is 14.7. The topological polar surface area (TPSA) is 32.7 Å². The molecule has 3 nitrogen and oxygen atoms in total. The SMILES string of the molecule is OC1(c2ccc3c(c2)Cc2ccccc2-3)CC2COCC(C1)N2Cc1ccccc1. The zero-order valence-corrected chi connectivity index (χ0v) is 17.1. The smallest absolute Gasteiger partial charge is 0.0928 e. The van der Waals surface area contributed by atoms with E-state index in [2.05, 4.69) is 77.7 Å². The third-order valence-electron chi connectivity index (χ3n) is 7.24. The van der Waals surface area contributed by atoms with Crippen molar-refractivity contribution < 1.29 is 9.84 Å². The van der Waals surface area contributed by atoms with E-state index in [4.69, 9.17) is 4.74 Å². The maximum absolute atomic E-state index is 11.8. The second-order valence-corrected chi connectivity index (χ2v) is 9.15. The van der Waals surface area contributed by atoms with Gasteiger partial charge in [0.2, 0.25) is 0 Å². The molecule has 3 heteroatoms. The highest BCUT2D eigenvalue weighted by Gasteiger charge is 2.47. The first-order valence-corrected chi connectivity index (χ1v) is 11.0. The first-order valence-electron chi connectivity index (χ1n) is 11.0. The van der Waals surface area contributed by atoms with E-state index < -0.39 is 5.60 Å². The van der Waals surface area contributed by atoms with Gasteiger partial charge in [-0.15, -0.1) is 0 Å². The fraction of sp³-hybridized carbons (Fsp3) is 0.333. The highest BCUT2D eigenvalue weighted by Crippen LogP contribution is 2.44. The Bertz CT molecular complexity index is 1060. The lowest BCUT2D eigenvalue weighted by molar-refractivity contribution is -0.149. The van der Waals surface area contributed by atoms with Crippen molar-refractivity contribution in [3.05, 3.63) is 95.1 Å². The van der Waals surface area contributed by atoms with Gasteiger partial charge in [0.1, 0.15) is 0 Å². The van der Waals surface area contributed by atoms with E-state index in [0.717, 1.165) is 31.4 Å². The molecule has 2 saturated heterocycles. The molecule has 6 rings (SSSR count). The molecule has 2 aliphatic heterocycles. The van der Waals surface area contributed by atoms with Crippen LogP contribution in [0, 0.1) is 0 Å². The van der Waals surface area contributed by atoms with Crippen molar-refractivity contribution >= 4 is 0 Å². The number of aliphatic hydroxyl groups is 1. The minimum absolute atomic E-state index is 0.244. The van der Waals surface area contributed by atoms with Crippen molar-refractivity contribution in [2.75, 3.05) is 13.2 Å². The fourth-order valence-corrected chi connectivity index (χ4v) is 5.77. The fourth-order valence-electron chi connectivity index (χ4n) is 5.77. The summed E-state index contributed by atoms with van der Waals surface area (Å²) in [6.07, 6.45) is 2.41. The number of ether oxygens (including phenoxy) is 1. The van der Waals surface area contributed by atoms with Gasteiger partial charge >= 0.3 is 0 Å². The van der Waals surface area contributed by atoms with Crippen LogP contribution in [-0.4, -0.2) is 35.3 Å². The van der Waals surface area contributed by atoms with E-state index in [1.807, 2.05) is 0 Å². The predicted octanol–water partition coefficient (Wildman–Crippen LogP) is 4.51. The van der Waals surface area contributed by atoms with Gasteiger partial charge in [-0.2, -0.15) is 0 Å². The van der Waals surface area contributed by atoms with Gasteiger partial charge in [0.05, 0.1) is 18.8 Å². The molecule has 2 unspecified atom stereocenters. The number of nitrogens with zero attached hydrogens (tertiary/aromatic N) is 1. The van der Waals surface area contributed by atoms with E-state index >= 15 is 0 Å². The van der Waals surface area contributed by atoms with Crippen LogP contribution in [0.3, 0.4) is 0 Å². The predicted molar refractivity (Wildman–Crippen MR) is 118 cm³/mol. The molecule has 0 saturated carbocycles. The standard InChI is InChI=1S/C27H27NO2/c29-27(22-10-11-26-21(13-22)12-20-8-4-5-9-25(20)26)14-23-17-30-18-24(15-27)28(23)16-19-6-2-1-3-7-19/h1-11,13,23-24,29H,12,14-18H2. The normalized spacial score (nSPS) is 27.5. The molecule has 30 heavy (non-hydrogen) atoms.